The van der Waals surface area contributed by atoms with Crippen LogP contribution in [0, 0.1) is 0 Å². The van der Waals surface area contributed by atoms with Crippen LogP contribution < -0.4 is 16.4 Å². The average molecular weight is 333 g/mol. The van der Waals surface area contributed by atoms with E-state index >= 15 is 0 Å². The normalized spacial score (nSPS) is 12.4. The molecule has 0 unspecified atom stereocenters. The third-order valence-electron chi connectivity index (χ3n) is 3.79. The van der Waals surface area contributed by atoms with Gasteiger partial charge in [0, 0.05) is 16.9 Å². The Morgan fingerprint density at radius 3 is 2.72 bits per heavy atom. The Morgan fingerprint density at radius 1 is 1.04 bits per heavy atom. The molecule has 0 aliphatic carbocycles. The molecule has 2 aromatic carbocycles. The van der Waals surface area contributed by atoms with Gasteiger partial charge in [0.1, 0.15) is 6.61 Å². The minimum atomic E-state index is -0.292. The fourth-order valence-corrected chi connectivity index (χ4v) is 2.55. The van der Waals surface area contributed by atoms with E-state index in [0.717, 1.165) is 16.9 Å². The Morgan fingerprint density at radius 2 is 1.88 bits per heavy atom. The summed E-state index contributed by atoms with van der Waals surface area (Å²) in [6.45, 7) is 0.285. The van der Waals surface area contributed by atoms with Crippen LogP contribution in [0.4, 0.5) is 28.8 Å². The number of fused-ring (bicyclic) bond motifs is 1. The van der Waals surface area contributed by atoms with Gasteiger partial charge in [0.05, 0.1) is 17.4 Å². The molecule has 1 aliphatic rings. The van der Waals surface area contributed by atoms with E-state index in [4.69, 9.17) is 10.5 Å². The van der Waals surface area contributed by atoms with Gasteiger partial charge in [-0.2, -0.15) is 4.98 Å². The third-order valence-corrected chi connectivity index (χ3v) is 3.79. The van der Waals surface area contributed by atoms with Crippen LogP contribution in [-0.2, 0) is 11.3 Å². The number of esters is 1. The van der Waals surface area contributed by atoms with Gasteiger partial charge < -0.3 is 21.1 Å². The average Bonchev–Trinajstić information content (AvgIpc) is 2.99. The molecular weight excluding hydrogens is 318 g/mol. The minimum Gasteiger partial charge on any atom is -0.457 e. The van der Waals surface area contributed by atoms with Gasteiger partial charge in [0.2, 0.25) is 5.95 Å². The highest BCUT2D eigenvalue weighted by molar-refractivity contribution is 5.94. The molecule has 4 N–H and O–H groups in total. The van der Waals surface area contributed by atoms with Gasteiger partial charge in [0.15, 0.2) is 5.82 Å². The van der Waals surface area contributed by atoms with Crippen molar-refractivity contribution in [1.29, 1.82) is 0 Å². The van der Waals surface area contributed by atoms with E-state index < -0.39 is 0 Å². The molecule has 3 aromatic rings. The van der Waals surface area contributed by atoms with Crippen molar-refractivity contribution >= 4 is 34.8 Å². The van der Waals surface area contributed by atoms with E-state index in [2.05, 4.69) is 20.6 Å². The van der Waals surface area contributed by atoms with Crippen molar-refractivity contribution in [2.75, 3.05) is 16.4 Å². The number of nitrogens with one attached hydrogen (secondary N) is 2. The molecule has 4 rings (SSSR count). The molecule has 0 fully saturated rings. The van der Waals surface area contributed by atoms with Crippen molar-refractivity contribution in [2.24, 2.45) is 0 Å². The van der Waals surface area contributed by atoms with E-state index in [9.17, 15) is 4.79 Å². The van der Waals surface area contributed by atoms with Crippen LogP contribution >= 0.6 is 0 Å². The Bertz CT molecular complexity index is 943. The number of hydrogen-bond donors (Lipinski definition) is 3. The number of rotatable bonds is 4. The second kappa shape index (κ2) is 6.12. The van der Waals surface area contributed by atoms with E-state index in [1.807, 2.05) is 36.4 Å². The van der Waals surface area contributed by atoms with Crippen molar-refractivity contribution in [3.05, 3.63) is 65.9 Å². The lowest BCUT2D eigenvalue weighted by molar-refractivity contribution is 0.0535. The molecule has 1 aliphatic heterocycles. The number of hydrogen-bond acceptors (Lipinski definition) is 7. The summed E-state index contributed by atoms with van der Waals surface area (Å²) in [4.78, 5) is 20.1. The van der Waals surface area contributed by atoms with Crippen LogP contribution in [-0.4, -0.2) is 15.9 Å². The zero-order valence-electron chi connectivity index (χ0n) is 13.2. The van der Waals surface area contributed by atoms with Crippen LogP contribution in [0.25, 0.3) is 0 Å². The summed E-state index contributed by atoms with van der Waals surface area (Å²) in [5, 5.41) is 6.28. The number of cyclic esters (lactones) is 1. The molecule has 25 heavy (non-hydrogen) atoms. The summed E-state index contributed by atoms with van der Waals surface area (Å²) < 4.78 is 5.01. The molecule has 7 heteroatoms. The Balaban J connectivity index is 1.57. The predicted molar refractivity (Wildman–Crippen MR) is 95.0 cm³/mol. The van der Waals surface area contributed by atoms with Crippen molar-refractivity contribution in [2.45, 2.75) is 6.61 Å². The summed E-state index contributed by atoms with van der Waals surface area (Å²) in [6, 6.07) is 15.0. The highest BCUT2D eigenvalue weighted by Gasteiger charge is 2.21. The molecular formula is C18H15N5O2. The van der Waals surface area contributed by atoms with Crippen LogP contribution in [0.2, 0.25) is 0 Å². The largest absolute Gasteiger partial charge is 0.457 e. The first-order chi connectivity index (χ1) is 12.2. The standard InChI is InChI=1S/C18H15N5O2/c19-15-9-20-18(23-16(15)21-12-4-2-1-3-5-12)22-13-6-7-14-11(8-13)10-25-17(14)24/h1-9H,10,19H2,(H2,20,21,22,23). The Labute approximate surface area is 143 Å². The molecule has 7 nitrogen and oxygen atoms in total. The number of aromatic nitrogens is 2. The maximum absolute atomic E-state index is 11.5. The summed E-state index contributed by atoms with van der Waals surface area (Å²) in [7, 11) is 0. The zero-order chi connectivity index (χ0) is 17.2. The lowest BCUT2D eigenvalue weighted by Gasteiger charge is -2.11. The lowest BCUT2D eigenvalue weighted by atomic mass is 10.1. The number of benzene rings is 2. The van der Waals surface area contributed by atoms with E-state index in [1.165, 1.54) is 0 Å². The Kier molecular flexibility index (Phi) is 3.66. The number of nitrogens with two attached hydrogens (primary N) is 1. The number of nitrogens with zero attached hydrogens (tertiary/aromatic N) is 2. The number of carbonyl (C=O) groups is 1. The first-order valence-corrected chi connectivity index (χ1v) is 7.71. The predicted octanol–water partition coefficient (Wildman–Crippen LogP) is 3.22. The molecule has 0 saturated carbocycles. The van der Waals surface area contributed by atoms with Gasteiger partial charge in [-0.1, -0.05) is 18.2 Å². The SMILES string of the molecule is Nc1cnc(Nc2ccc3c(c2)COC3=O)nc1Nc1ccccc1. The summed E-state index contributed by atoms with van der Waals surface area (Å²) >= 11 is 0. The third kappa shape index (κ3) is 3.07. The molecule has 2 heterocycles. The number of carbonyl (C=O) groups excluding carboxylic acids is 1. The van der Waals surface area contributed by atoms with Crippen molar-refractivity contribution < 1.29 is 9.53 Å². The monoisotopic (exact) mass is 333 g/mol. The highest BCUT2D eigenvalue weighted by atomic mass is 16.5. The first-order valence-electron chi connectivity index (χ1n) is 7.71. The maximum atomic E-state index is 11.5. The quantitative estimate of drug-likeness (QED) is 0.630. The number of nitrogen functional groups attached to an aromatic ring is 1. The van der Waals surface area contributed by atoms with E-state index in [1.54, 1.807) is 18.3 Å². The van der Waals surface area contributed by atoms with Crippen molar-refractivity contribution in [1.82, 2.24) is 9.97 Å². The molecule has 0 radical (unpaired) electrons. The molecule has 0 spiro atoms. The van der Waals surface area contributed by atoms with Crippen molar-refractivity contribution in [3.63, 3.8) is 0 Å². The second-order valence-corrected chi connectivity index (χ2v) is 5.56. The van der Waals surface area contributed by atoms with Gasteiger partial charge >= 0.3 is 5.97 Å². The van der Waals surface area contributed by atoms with Gasteiger partial charge in [-0.05, 0) is 30.3 Å². The van der Waals surface area contributed by atoms with Crippen molar-refractivity contribution in [3.8, 4) is 0 Å². The summed E-state index contributed by atoms with van der Waals surface area (Å²) in [5.74, 6) is 0.626. The fraction of sp³-hybridized carbons (Fsp3) is 0.0556. The number of para-hydroxylation sites is 1. The van der Waals surface area contributed by atoms with Crippen LogP contribution in [0.15, 0.2) is 54.7 Å². The van der Waals surface area contributed by atoms with E-state index in [0.29, 0.717) is 23.0 Å². The molecule has 124 valence electrons. The number of anilines is 5. The summed E-state index contributed by atoms with van der Waals surface area (Å²) in [5.41, 5.74) is 9.48. The molecule has 0 atom stereocenters. The van der Waals surface area contributed by atoms with Gasteiger partial charge in [-0.25, -0.2) is 9.78 Å². The van der Waals surface area contributed by atoms with Crippen LogP contribution in [0.5, 0.6) is 0 Å². The maximum Gasteiger partial charge on any atom is 0.338 e. The highest BCUT2D eigenvalue weighted by Crippen LogP contribution is 2.26. The summed E-state index contributed by atoms with van der Waals surface area (Å²) in [6.07, 6.45) is 1.54. The smallest absolute Gasteiger partial charge is 0.338 e. The molecule has 0 bridgehead atoms. The van der Waals surface area contributed by atoms with Gasteiger partial charge in [-0.15, -0.1) is 0 Å². The minimum absolute atomic E-state index is 0.285. The van der Waals surface area contributed by atoms with E-state index in [-0.39, 0.29) is 12.6 Å². The Hall–Kier alpha value is -3.61. The zero-order valence-corrected chi connectivity index (χ0v) is 13.2. The second-order valence-electron chi connectivity index (χ2n) is 5.56. The topological polar surface area (TPSA) is 102 Å². The molecule has 0 amide bonds. The fourth-order valence-electron chi connectivity index (χ4n) is 2.55. The van der Waals surface area contributed by atoms with Gasteiger partial charge in [-0.3, -0.25) is 0 Å². The lowest BCUT2D eigenvalue weighted by Crippen LogP contribution is -2.04. The van der Waals surface area contributed by atoms with Gasteiger partial charge in [0.25, 0.3) is 0 Å². The van der Waals surface area contributed by atoms with Crippen LogP contribution in [0.1, 0.15) is 15.9 Å². The first kappa shape index (κ1) is 14.9. The van der Waals surface area contributed by atoms with Crippen LogP contribution in [0.3, 0.4) is 0 Å². The molecule has 1 aromatic heterocycles. The molecule has 0 saturated heterocycles. The number of ether oxygens (including phenoxy) is 1.